The summed E-state index contributed by atoms with van der Waals surface area (Å²) in [5, 5.41) is 0. The van der Waals surface area contributed by atoms with Crippen molar-refractivity contribution in [2.24, 2.45) is 22.1 Å². The molecule has 0 aromatic heterocycles. The molecule has 0 aromatic carbocycles. The van der Waals surface area contributed by atoms with Crippen LogP contribution in [0.3, 0.4) is 0 Å². The topological polar surface area (TPSA) is 55.4 Å². The van der Waals surface area contributed by atoms with E-state index in [-0.39, 0.29) is 11.1 Å². The van der Waals surface area contributed by atoms with E-state index in [0.29, 0.717) is 11.3 Å². The van der Waals surface area contributed by atoms with E-state index in [9.17, 15) is 4.79 Å². The molecular formula is C12H18N2O. The Kier molecular flexibility index (Phi) is 1.61. The maximum Gasteiger partial charge on any atom is 0.235 e. The molecule has 4 rings (SSSR count). The Hall–Kier alpha value is -0.660. The van der Waals surface area contributed by atoms with Gasteiger partial charge in [-0.1, -0.05) is 6.92 Å². The molecule has 3 heteroatoms. The first-order valence-corrected chi connectivity index (χ1v) is 5.85. The van der Waals surface area contributed by atoms with Crippen LogP contribution in [0, 0.1) is 11.3 Å². The number of hydrogen-bond acceptors (Lipinski definition) is 3. The fraction of sp³-hybridized carbons (Fsp3) is 0.917. The number of hydrogen-bond donors (Lipinski definition) is 1. The summed E-state index contributed by atoms with van der Waals surface area (Å²) < 4.78 is 0. The van der Waals surface area contributed by atoms with E-state index < -0.39 is 0 Å². The maximum absolute atomic E-state index is 10.6. The molecule has 0 aliphatic heterocycles. The van der Waals surface area contributed by atoms with Crippen molar-refractivity contribution in [1.82, 2.24) is 0 Å². The molecule has 4 fully saturated rings. The van der Waals surface area contributed by atoms with Crippen molar-refractivity contribution >= 4 is 6.08 Å². The van der Waals surface area contributed by atoms with Crippen LogP contribution in [0.4, 0.5) is 0 Å². The van der Waals surface area contributed by atoms with Gasteiger partial charge < -0.3 is 5.73 Å². The van der Waals surface area contributed by atoms with Crippen LogP contribution in [0.15, 0.2) is 4.99 Å². The lowest BCUT2D eigenvalue weighted by atomic mass is 9.45. The van der Waals surface area contributed by atoms with Gasteiger partial charge in [0.1, 0.15) is 0 Å². The first kappa shape index (κ1) is 9.56. The standard InChI is InChI=1S/C12H18N2O/c1-10-2-9-3-11(13,5-10)7-12(4-9,6-10)14-8-15/h9H,2-7,13H2,1H3. The normalized spacial score (nSPS) is 56.5. The van der Waals surface area contributed by atoms with E-state index in [0.717, 1.165) is 32.1 Å². The Bertz CT molecular complexity index is 341. The zero-order valence-electron chi connectivity index (χ0n) is 9.25. The monoisotopic (exact) mass is 206 g/mol. The molecule has 2 N–H and O–H groups in total. The lowest BCUT2D eigenvalue weighted by Gasteiger charge is -2.63. The van der Waals surface area contributed by atoms with Gasteiger partial charge in [-0.05, 0) is 49.9 Å². The number of aliphatic imine (C=N–C) groups is 1. The van der Waals surface area contributed by atoms with Gasteiger partial charge in [0, 0.05) is 5.54 Å². The fourth-order valence-electron chi connectivity index (χ4n) is 5.17. The molecule has 0 saturated heterocycles. The first-order chi connectivity index (χ1) is 6.97. The van der Waals surface area contributed by atoms with E-state index in [1.165, 1.54) is 6.42 Å². The highest BCUT2D eigenvalue weighted by molar-refractivity contribution is 5.36. The van der Waals surface area contributed by atoms with Crippen LogP contribution in [0.2, 0.25) is 0 Å². The maximum atomic E-state index is 10.6. The van der Waals surface area contributed by atoms with Crippen LogP contribution < -0.4 is 5.73 Å². The third-order valence-corrected chi connectivity index (χ3v) is 4.64. The molecule has 15 heavy (non-hydrogen) atoms. The van der Waals surface area contributed by atoms with Gasteiger partial charge in [0.25, 0.3) is 0 Å². The van der Waals surface area contributed by atoms with Crippen LogP contribution in [0.25, 0.3) is 0 Å². The molecule has 0 aromatic rings. The summed E-state index contributed by atoms with van der Waals surface area (Å²) in [7, 11) is 0. The zero-order chi connectivity index (χ0) is 10.7. The molecule has 0 radical (unpaired) electrons. The minimum Gasteiger partial charge on any atom is -0.325 e. The Labute approximate surface area is 90.1 Å². The number of nitrogens with two attached hydrogens (primary N) is 1. The van der Waals surface area contributed by atoms with Crippen LogP contribution in [-0.2, 0) is 4.79 Å². The number of rotatable bonds is 1. The van der Waals surface area contributed by atoms with Crippen molar-refractivity contribution in [1.29, 1.82) is 0 Å². The van der Waals surface area contributed by atoms with Crippen molar-refractivity contribution in [3.05, 3.63) is 0 Å². The number of nitrogens with zero attached hydrogens (tertiary/aromatic N) is 1. The fourth-order valence-corrected chi connectivity index (χ4v) is 5.17. The van der Waals surface area contributed by atoms with Crippen molar-refractivity contribution in [3.63, 3.8) is 0 Å². The average molecular weight is 206 g/mol. The molecule has 0 heterocycles. The van der Waals surface area contributed by atoms with E-state index in [1.807, 2.05) is 0 Å². The molecule has 4 saturated carbocycles. The quantitative estimate of drug-likeness (QED) is 0.525. The molecule has 4 bridgehead atoms. The zero-order valence-corrected chi connectivity index (χ0v) is 9.25. The van der Waals surface area contributed by atoms with Gasteiger partial charge in [-0.25, -0.2) is 4.79 Å². The molecule has 82 valence electrons. The van der Waals surface area contributed by atoms with Crippen LogP contribution >= 0.6 is 0 Å². The first-order valence-electron chi connectivity index (χ1n) is 5.85. The number of isocyanates is 1. The van der Waals surface area contributed by atoms with E-state index in [4.69, 9.17) is 5.73 Å². The molecular weight excluding hydrogens is 188 g/mol. The second-order valence-corrected chi connectivity index (χ2v) is 6.61. The lowest BCUT2D eigenvalue weighted by molar-refractivity contribution is -0.0693. The van der Waals surface area contributed by atoms with Gasteiger partial charge in [0.05, 0.1) is 5.54 Å². The predicted molar refractivity (Wildman–Crippen MR) is 57.1 cm³/mol. The summed E-state index contributed by atoms with van der Waals surface area (Å²) >= 11 is 0. The van der Waals surface area contributed by atoms with Gasteiger partial charge in [-0.3, -0.25) is 0 Å². The van der Waals surface area contributed by atoms with Crippen LogP contribution in [0.5, 0.6) is 0 Å². The average Bonchev–Trinajstić information content (AvgIpc) is 1.94. The molecule has 0 amide bonds. The summed E-state index contributed by atoms with van der Waals surface area (Å²) in [6.45, 7) is 2.31. The highest BCUT2D eigenvalue weighted by Crippen LogP contribution is 2.63. The molecule has 4 aliphatic carbocycles. The van der Waals surface area contributed by atoms with Crippen molar-refractivity contribution in [2.45, 2.75) is 56.5 Å². The van der Waals surface area contributed by atoms with Gasteiger partial charge in [0.2, 0.25) is 6.08 Å². The van der Waals surface area contributed by atoms with Gasteiger partial charge in [-0.15, -0.1) is 0 Å². The third-order valence-electron chi connectivity index (χ3n) is 4.64. The second-order valence-electron chi connectivity index (χ2n) is 6.61. The van der Waals surface area contributed by atoms with E-state index in [1.54, 1.807) is 6.08 Å². The molecule has 3 nitrogen and oxygen atoms in total. The smallest absolute Gasteiger partial charge is 0.235 e. The molecule has 4 aliphatic rings. The Balaban J connectivity index is 2.05. The van der Waals surface area contributed by atoms with Gasteiger partial charge >= 0.3 is 0 Å². The van der Waals surface area contributed by atoms with E-state index >= 15 is 0 Å². The van der Waals surface area contributed by atoms with Crippen molar-refractivity contribution in [3.8, 4) is 0 Å². The summed E-state index contributed by atoms with van der Waals surface area (Å²) in [6.07, 6.45) is 8.33. The van der Waals surface area contributed by atoms with Crippen LogP contribution in [0.1, 0.15) is 45.4 Å². The Morgan fingerprint density at radius 1 is 1.27 bits per heavy atom. The molecule has 0 spiro atoms. The van der Waals surface area contributed by atoms with Crippen molar-refractivity contribution < 1.29 is 4.79 Å². The second kappa shape index (κ2) is 2.53. The highest BCUT2D eigenvalue weighted by Gasteiger charge is 2.60. The van der Waals surface area contributed by atoms with Gasteiger partial charge in [0.15, 0.2) is 0 Å². The number of carbonyl (C=O) groups excluding carboxylic acids is 1. The van der Waals surface area contributed by atoms with Gasteiger partial charge in [-0.2, -0.15) is 4.99 Å². The summed E-state index contributed by atoms with van der Waals surface area (Å²) in [5.74, 6) is 0.688. The van der Waals surface area contributed by atoms with Crippen molar-refractivity contribution in [2.75, 3.05) is 0 Å². The Morgan fingerprint density at radius 3 is 2.67 bits per heavy atom. The molecule has 4 unspecified atom stereocenters. The minimum atomic E-state index is -0.148. The lowest BCUT2D eigenvalue weighted by Crippen LogP contribution is -2.65. The summed E-state index contributed by atoms with van der Waals surface area (Å²) in [5.41, 5.74) is 6.56. The third kappa shape index (κ3) is 1.30. The molecule has 4 atom stereocenters. The minimum absolute atomic E-state index is 0.0471. The van der Waals surface area contributed by atoms with Crippen LogP contribution in [-0.4, -0.2) is 17.2 Å². The Morgan fingerprint density at radius 2 is 2.07 bits per heavy atom. The highest BCUT2D eigenvalue weighted by atomic mass is 16.1. The largest absolute Gasteiger partial charge is 0.325 e. The summed E-state index contributed by atoms with van der Waals surface area (Å²) in [4.78, 5) is 14.7. The SMILES string of the molecule is CC12CC3CC(N)(C1)CC(N=C=O)(C3)C2. The van der Waals surface area contributed by atoms with E-state index in [2.05, 4.69) is 11.9 Å². The summed E-state index contributed by atoms with van der Waals surface area (Å²) in [6, 6.07) is 0. The predicted octanol–water partition coefficient (Wildman–Crippen LogP) is 1.76.